The number of likely N-dealkylation sites (N-methyl/N-ethyl adjacent to an activating group) is 1. The summed E-state index contributed by atoms with van der Waals surface area (Å²) in [6.07, 6.45) is 1.45. The molecule has 10 heteroatoms. The van der Waals surface area contributed by atoms with Gasteiger partial charge in [0.2, 0.25) is 0 Å². The van der Waals surface area contributed by atoms with Crippen molar-refractivity contribution in [1.82, 2.24) is 4.57 Å². The SMILES string of the molecule is C=CCOC(=O)C1=C(C)N=c2s/c(=C3\C(=O)N(C)c4ccccc43)c(=O)n2C1c1ccc(OC(C)=O)cc1. The van der Waals surface area contributed by atoms with Gasteiger partial charge in [-0.3, -0.25) is 19.0 Å². The Morgan fingerprint density at radius 1 is 1.13 bits per heavy atom. The molecule has 38 heavy (non-hydrogen) atoms. The zero-order valence-corrected chi connectivity index (χ0v) is 21.7. The molecule has 192 valence electrons. The van der Waals surface area contributed by atoms with Crippen molar-refractivity contribution in [1.29, 1.82) is 0 Å². The lowest BCUT2D eigenvalue weighted by atomic mass is 9.96. The molecule has 1 aromatic heterocycles. The highest BCUT2D eigenvalue weighted by atomic mass is 32.1. The summed E-state index contributed by atoms with van der Waals surface area (Å²) in [6, 6.07) is 12.9. The number of anilines is 1. The molecule has 9 nitrogen and oxygen atoms in total. The number of aromatic nitrogens is 1. The van der Waals surface area contributed by atoms with E-state index in [1.807, 2.05) is 18.2 Å². The smallest absolute Gasteiger partial charge is 0.338 e. The van der Waals surface area contributed by atoms with Crippen molar-refractivity contribution in [3.8, 4) is 5.75 Å². The molecule has 0 saturated heterocycles. The largest absolute Gasteiger partial charge is 0.458 e. The Kier molecular flexibility index (Phi) is 6.41. The Morgan fingerprint density at radius 3 is 2.53 bits per heavy atom. The van der Waals surface area contributed by atoms with Crippen molar-refractivity contribution in [2.24, 2.45) is 4.99 Å². The molecular weight excluding hydrogens is 506 g/mol. The molecule has 1 unspecified atom stereocenters. The van der Waals surface area contributed by atoms with Gasteiger partial charge in [0, 0.05) is 19.5 Å². The van der Waals surface area contributed by atoms with E-state index in [0.29, 0.717) is 38.6 Å². The Balaban J connectivity index is 1.76. The fraction of sp³-hybridized carbons (Fsp3) is 0.179. The first-order valence-corrected chi connectivity index (χ1v) is 12.5. The van der Waals surface area contributed by atoms with Gasteiger partial charge in [0.25, 0.3) is 11.5 Å². The molecular formula is C28H23N3O6S. The number of thiazole rings is 1. The van der Waals surface area contributed by atoms with E-state index in [1.165, 1.54) is 22.5 Å². The van der Waals surface area contributed by atoms with E-state index in [2.05, 4.69) is 11.6 Å². The van der Waals surface area contributed by atoms with E-state index in [9.17, 15) is 19.2 Å². The van der Waals surface area contributed by atoms with E-state index in [4.69, 9.17) is 9.47 Å². The topological polar surface area (TPSA) is 107 Å². The number of carbonyl (C=O) groups is 3. The van der Waals surface area contributed by atoms with Crippen molar-refractivity contribution in [3.63, 3.8) is 0 Å². The summed E-state index contributed by atoms with van der Waals surface area (Å²) < 4.78 is 12.1. The Morgan fingerprint density at radius 2 is 1.84 bits per heavy atom. The van der Waals surface area contributed by atoms with Crippen LogP contribution in [0.1, 0.15) is 31.0 Å². The minimum atomic E-state index is -0.881. The minimum Gasteiger partial charge on any atom is -0.458 e. The fourth-order valence-electron chi connectivity index (χ4n) is 4.63. The van der Waals surface area contributed by atoms with Gasteiger partial charge >= 0.3 is 11.9 Å². The summed E-state index contributed by atoms with van der Waals surface area (Å²) in [5.74, 6) is -1.08. The molecule has 0 radical (unpaired) electrons. The van der Waals surface area contributed by atoms with Crippen LogP contribution >= 0.6 is 11.3 Å². The van der Waals surface area contributed by atoms with Crippen LogP contribution in [-0.2, 0) is 19.1 Å². The maximum Gasteiger partial charge on any atom is 0.338 e. The Labute approximate surface area is 221 Å². The van der Waals surface area contributed by atoms with Crippen molar-refractivity contribution in [3.05, 3.63) is 103 Å². The number of fused-ring (bicyclic) bond motifs is 2. The van der Waals surface area contributed by atoms with Crippen LogP contribution in [0.15, 0.2) is 82.2 Å². The number of carbonyl (C=O) groups excluding carboxylic acids is 3. The van der Waals surface area contributed by atoms with Crippen LogP contribution in [-0.4, -0.2) is 36.1 Å². The molecule has 3 heterocycles. The van der Waals surface area contributed by atoms with Gasteiger partial charge in [0.05, 0.1) is 28.6 Å². The third-order valence-corrected chi connectivity index (χ3v) is 7.34. The van der Waals surface area contributed by atoms with Gasteiger partial charge in [0.15, 0.2) is 4.80 Å². The van der Waals surface area contributed by atoms with Crippen LogP contribution in [0.4, 0.5) is 5.69 Å². The van der Waals surface area contributed by atoms with Gasteiger partial charge in [-0.2, -0.15) is 0 Å². The van der Waals surface area contributed by atoms with Crippen LogP contribution in [0.25, 0.3) is 5.57 Å². The van der Waals surface area contributed by atoms with E-state index in [1.54, 1.807) is 44.3 Å². The normalized spacial score (nSPS) is 17.5. The van der Waals surface area contributed by atoms with Crippen LogP contribution in [0.3, 0.4) is 0 Å². The number of ether oxygens (including phenoxy) is 2. The van der Waals surface area contributed by atoms with Gasteiger partial charge in [-0.1, -0.05) is 54.3 Å². The van der Waals surface area contributed by atoms with E-state index in [0.717, 1.165) is 11.3 Å². The first kappa shape index (κ1) is 25.1. The molecule has 0 N–H and O–H groups in total. The number of esters is 2. The quantitative estimate of drug-likeness (QED) is 0.285. The van der Waals surface area contributed by atoms with Crippen molar-refractivity contribution < 1.29 is 23.9 Å². The highest BCUT2D eigenvalue weighted by Gasteiger charge is 2.36. The predicted molar refractivity (Wildman–Crippen MR) is 141 cm³/mol. The van der Waals surface area contributed by atoms with Crippen LogP contribution in [0, 0.1) is 0 Å². The lowest BCUT2D eigenvalue weighted by Crippen LogP contribution is -2.40. The lowest BCUT2D eigenvalue weighted by Gasteiger charge is -2.24. The summed E-state index contributed by atoms with van der Waals surface area (Å²) in [5.41, 5.74) is 2.38. The van der Waals surface area contributed by atoms with Crippen LogP contribution in [0.5, 0.6) is 5.75 Å². The standard InChI is InChI=1S/C28H23N3O6S/c1-5-14-36-27(35)21-15(2)29-28-31(23(21)17-10-12-18(13-11-17)37-16(3)32)26(34)24(38-28)22-19-8-6-7-9-20(19)30(4)25(22)33/h5-13,23H,1,14H2,2-4H3/b24-22-. The van der Waals surface area contributed by atoms with Gasteiger partial charge in [-0.05, 0) is 30.7 Å². The lowest BCUT2D eigenvalue weighted by molar-refractivity contribution is -0.138. The number of allylic oxidation sites excluding steroid dienone is 1. The second-order valence-electron chi connectivity index (χ2n) is 8.71. The third-order valence-electron chi connectivity index (χ3n) is 6.29. The third kappa shape index (κ3) is 4.08. The maximum absolute atomic E-state index is 14.0. The summed E-state index contributed by atoms with van der Waals surface area (Å²) in [6.45, 7) is 6.55. The zero-order valence-electron chi connectivity index (χ0n) is 20.9. The van der Waals surface area contributed by atoms with Gasteiger partial charge < -0.3 is 14.4 Å². The number of hydrogen-bond donors (Lipinski definition) is 0. The highest BCUT2D eigenvalue weighted by Crippen LogP contribution is 2.35. The molecule has 2 aliphatic rings. The number of hydrogen-bond acceptors (Lipinski definition) is 8. The van der Waals surface area contributed by atoms with Crippen molar-refractivity contribution >= 4 is 40.4 Å². The summed E-state index contributed by atoms with van der Waals surface area (Å²) in [7, 11) is 1.66. The number of nitrogens with zero attached hydrogens (tertiary/aromatic N) is 3. The average Bonchev–Trinajstić information content (AvgIpc) is 3.34. The predicted octanol–water partition coefficient (Wildman–Crippen LogP) is 2.24. The van der Waals surface area contributed by atoms with E-state index in [-0.39, 0.29) is 22.6 Å². The maximum atomic E-state index is 14.0. The first-order chi connectivity index (χ1) is 18.2. The molecule has 0 spiro atoms. The Bertz CT molecular complexity index is 1730. The second kappa shape index (κ2) is 9.71. The van der Waals surface area contributed by atoms with Crippen LogP contribution in [0.2, 0.25) is 0 Å². The Hall–Kier alpha value is -4.57. The average molecular weight is 530 g/mol. The number of amides is 1. The van der Waals surface area contributed by atoms with Crippen molar-refractivity contribution in [2.45, 2.75) is 19.9 Å². The molecule has 0 bridgehead atoms. The monoisotopic (exact) mass is 529 g/mol. The molecule has 5 rings (SSSR count). The van der Waals surface area contributed by atoms with Gasteiger partial charge in [-0.25, -0.2) is 9.79 Å². The molecule has 2 aliphatic heterocycles. The molecule has 2 aromatic carbocycles. The molecule has 0 saturated carbocycles. The molecule has 3 aromatic rings. The number of para-hydroxylation sites is 1. The first-order valence-electron chi connectivity index (χ1n) is 11.7. The molecule has 0 fully saturated rings. The van der Waals surface area contributed by atoms with E-state index < -0.39 is 23.5 Å². The zero-order chi connectivity index (χ0) is 27.1. The minimum absolute atomic E-state index is 0.0140. The van der Waals surface area contributed by atoms with Gasteiger partial charge in [-0.15, -0.1) is 0 Å². The summed E-state index contributed by atoms with van der Waals surface area (Å²) in [5, 5.41) is 0. The molecule has 1 atom stereocenters. The number of rotatable bonds is 5. The fourth-order valence-corrected chi connectivity index (χ4v) is 5.77. The second-order valence-corrected chi connectivity index (χ2v) is 9.69. The van der Waals surface area contributed by atoms with Gasteiger partial charge in [0.1, 0.15) is 16.9 Å². The van der Waals surface area contributed by atoms with Crippen LogP contribution < -0.4 is 24.5 Å². The molecule has 1 amide bonds. The summed E-state index contributed by atoms with van der Waals surface area (Å²) >= 11 is 1.10. The number of benzene rings is 2. The molecule has 0 aliphatic carbocycles. The van der Waals surface area contributed by atoms with E-state index >= 15 is 0 Å². The summed E-state index contributed by atoms with van der Waals surface area (Å²) in [4.78, 5) is 58.2. The van der Waals surface area contributed by atoms with Crippen molar-refractivity contribution in [2.75, 3.05) is 18.6 Å². The highest BCUT2D eigenvalue weighted by molar-refractivity contribution is 7.07.